The highest BCUT2D eigenvalue weighted by atomic mass is 79.9. The second-order valence-corrected chi connectivity index (χ2v) is 7.14. The van der Waals surface area contributed by atoms with E-state index in [4.69, 9.17) is 5.73 Å². The van der Waals surface area contributed by atoms with Crippen LogP contribution >= 0.6 is 15.9 Å². The topological polar surface area (TPSA) is 32.5 Å². The minimum atomic E-state index is 0.186. The molecule has 3 nitrogen and oxygen atoms in total. The van der Waals surface area contributed by atoms with Gasteiger partial charge in [-0.05, 0) is 58.0 Å². The maximum absolute atomic E-state index is 6.01. The summed E-state index contributed by atoms with van der Waals surface area (Å²) in [6.45, 7) is 8.82. The third-order valence-electron chi connectivity index (χ3n) is 4.28. The predicted molar refractivity (Wildman–Crippen MR) is 90.4 cm³/mol. The number of nitrogens with two attached hydrogens (primary N) is 1. The van der Waals surface area contributed by atoms with Gasteiger partial charge in [-0.1, -0.05) is 15.9 Å². The van der Waals surface area contributed by atoms with Crippen LogP contribution in [0.5, 0.6) is 0 Å². The summed E-state index contributed by atoms with van der Waals surface area (Å²) in [6, 6.07) is 7.91. The van der Waals surface area contributed by atoms with Gasteiger partial charge in [-0.2, -0.15) is 0 Å². The van der Waals surface area contributed by atoms with Gasteiger partial charge in [-0.15, -0.1) is 0 Å². The van der Waals surface area contributed by atoms with Crippen molar-refractivity contribution < 1.29 is 0 Å². The van der Waals surface area contributed by atoms with Crippen molar-refractivity contribution in [2.45, 2.75) is 45.3 Å². The number of rotatable bonds is 3. The van der Waals surface area contributed by atoms with Gasteiger partial charge < -0.3 is 10.6 Å². The Balaban J connectivity index is 2.27. The largest absolute Gasteiger partial charge is 0.368 e. The van der Waals surface area contributed by atoms with Crippen LogP contribution in [0.3, 0.4) is 0 Å². The van der Waals surface area contributed by atoms with Crippen LogP contribution in [0.2, 0.25) is 0 Å². The van der Waals surface area contributed by atoms with Crippen molar-refractivity contribution in [2.75, 3.05) is 25.0 Å². The van der Waals surface area contributed by atoms with Crippen LogP contribution in [0.15, 0.2) is 22.7 Å². The van der Waals surface area contributed by atoms with E-state index in [2.05, 4.69) is 71.7 Å². The molecule has 0 radical (unpaired) electrons. The fraction of sp³-hybridized carbons (Fsp3) is 0.625. The Morgan fingerprint density at radius 1 is 1.30 bits per heavy atom. The van der Waals surface area contributed by atoms with Crippen LogP contribution in [0, 0.1) is 0 Å². The van der Waals surface area contributed by atoms with E-state index in [1.807, 2.05) is 0 Å². The lowest BCUT2D eigenvalue weighted by Gasteiger charge is -2.44. The van der Waals surface area contributed by atoms with E-state index in [0.717, 1.165) is 24.0 Å². The van der Waals surface area contributed by atoms with E-state index in [-0.39, 0.29) is 6.04 Å². The highest BCUT2D eigenvalue weighted by Crippen LogP contribution is 2.28. The summed E-state index contributed by atoms with van der Waals surface area (Å²) >= 11 is 3.58. The third kappa shape index (κ3) is 3.54. The molecule has 3 atom stereocenters. The SMILES string of the molecule is CC(N)Cc1cc(Br)ccc1N1CC(C)N(C)C(C)C1. The number of benzene rings is 1. The molecule has 3 unspecified atom stereocenters. The van der Waals surface area contributed by atoms with Crippen LogP contribution in [-0.2, 0) is 6.42 Å². The lowest BCUT2D eigenvalue weighted by atomic mass is 10.0. The van der Waals surface area contributed by atoms with Crippen LogP contribution in [0.1, 0.15) is 26.3 Å². The monoisotopic (exact) mass is 339 g/mol. The third-order valence-corrected chi connectivity index (χ3v) is 4.78. The van der Waals surface area contributed by atoms with Crippen molar-refractivity contribution in [1.82, 2.24) is 4.90 Å². The Bertz CT molecular complexity index is 449. The molecule has 1 fully saturated rings. The van der Waals surface area contributed by atoms with Crippen LogP contribution < -0.4 is 10.6 Å². The van der Waals surface area contributed by atoms with Gasteiger partial charge >= 0.3 is 0 Å². The van der Waals surface area contributed by atoms with Gasteiger partial charge in [0.15, 0.2) is 0 Å². The second-order valence-electron chi connectivity index (χ2n) is 6.22. The summed E-state index contributed by atoms with van der Waals surface area (Å²) < 4.78 is 1.13. The molecule has 1 heterocycles. The van der Waals surface area contributed by atoms with Gasteiger partial charge in [-0.3, -0.25) is 4.90 Å². The molecule has 1 saturated heterocycles. The number of hydrogen-bond acceptors (Lipinski definition) is 3. The van der Waals surface area contributed by atoms with Gasteiger partial charge in [0.25, 0.3) is 0 Å². The molecule has 0 aliphatic carbocycles. The molecule has 2 N–H and O–H groups in total. The number of hydrogen-bond donors (Lipinski definition) is 1. The van der Waals surface area contributed by atoms with Crippen molar-refractivity contribution in [1.29, 1.82) is 0 Å². The first-order valence-corrected chi connectivity index (χ1v) is 8.18. The van der Waals surface area contributed by atoms with E-state index < -0.39 is 0 Å². The number of anilines is 1. The average Bonchev–Trinajstić information content (AvgIpc) is 2.35. The fourth-order valence-electron chi connectivity index (χ4n) is 2.97. The molecule has 0 saturated carbocycles. The van der Waals surface area contributed by atoms with E-state index in [1.165, 1.54) is 11.3 Å². The van der Waals surface area contributed by atoms with E-state index >= 15 is 0 Å². The lowest BCUT2D eigenvalue weighted by Crippen LogP contribution is -2.55. The van der Waals surface area contributed by atoms with Crippen molar-refractivity contribution in [2.24, 2.45) is 5.73 Å². The summed E-state index contributed by atoms with van der Waals surface area (Å²) in [5.41, 5.74) is 8.70. The Hall–Kier alpha value is -0.580. The van der Waals surface area contributed by atoms with Gasteiger partial charge in [0.05, 0.1) is 0 Å². The molecule has 4 heteroatoms. The predicted octanol–water partition coefficient (Wildman–Crippen LogP) is 2.87. The van der Waals surface area contributed by atoms with Crippen LogP contribution in [0.25, 0.3) is 0 Å². The normalized spacial score (nSPS) is 25.8. The van der Waals surface area contributed by atoms with E-state index in [0.29, 0.717) is 12.1 Å². The van der Waals surface area contributed by atoms with Gasteiger partial charge in [0, 0.05) is 41.4 Å². The number of nitrogens with zero attached hydrogens (tertiary/aromatic N) is 2. The van der Waals surface area contributed by atoms with Crippen molar-refractivity contribution in [3.05, 3.63) is 28.2 Å². The Morgan fingerprint density at radius 2 is 1.90 bits per heavy atom. The summed E-state index contributed by atoms with van der Waals surface area (Å²) in [5.74, 6) is 0. The molecule has 1 aromatic carbocycles. The molecule has 1 aromatic rings. The Labute approximate surface area is 131 Å². The molecule has 20 heavy (non-hydrogen) atoms. The summed E-state index contributed by atoms with van der Waals surface area (Å²) in [4.78, 5) is 4.97. The number of piperazine rings is 1. The van der Waals surface area contributed by atoms with Gasteiger partial charge in [0.2, 0.25) is 0 Å². The first kappa shape index (κ1) is 15.8. The number of likely N-dealkylation sites (N-methyl/N-ethyl adjacent to an activating group) is 1. The molecular weight excluding hydrogens is 314 g/mol. The van der Waals surface area contributed by atoms with E-state index in [9.17, 15) is 0 Å². The van der Waals surface area contributed by atoms with Crippen molar-refractivity contribution >= 4 is 21.6 Å². The standard InChI is InChI=1S/C16H26BrN3/c1-11(18)7-14-8-15(17)5-6-16(14)20-9-12(2)19(4)13(3)10-20/h5-6,8,11-13H,7,9-10,18H2,1-4H3. The van der Waals surface area contributed by atoms with Crippen molar-refractivity contribution in [3.63, 3.8) is 0 Å². The molecule has 1 aliphatic heterocycles. The fourth-order valence-corrected chi connectivity index (χ4v) is 3.38. The molecular formula is C16H26BrN3. The zero-order valence-electron chi connectivity index (χ0n) is 12.9. The molecule has 112 valence electrons. The lowest BCUT2D eigenvalue weighted by molar-refractivity contribution is 0.170. The summed E-state index contributed by atoms with van der Waals surface area (Å²) in [5, 5.41) is 0. The van der Waals surface area contributed by atoms with Crippen molar-refractivity contribution in [3.8, 4) is 0 Å². The second kappa shape index (κ2) is 6.46. The first-order chi connectivity index (χ1) is 9.38. The molecule has 2 rings (SSSR count). The first-order valence-electron chi connectivity index (χ1n) is 7.39. The summed E-state index contributed by atoms with van der Waals surface area (Å²) in [7, 11) is 2.22. The molecule has 0 bridgehead atoms. The molecule has 0 amide bonds. The van der Waals surface area contributed by atoms with E-state index in [1.54, 1.807) is 0 Å². The quantitative estimate of drug-likeness (QED) is 0.918. The Kier molecular flexibility index (Phi) is 5.10. The minimum Gasteiger partial charge on any atom is -0.368 e. The van der Waals surface area contributed by atoms with Gasteiger partial charge in [0.1, 0.15) is 0 Å². The highest BCUT2D eigenvalue weighted by molar-refractivity contribution is 9.10. The zero-order valence-corrected chi connectivity index (χ0v) is 14.5. The zero-order chi connectivity index (χ0) is 14.9. The maximum atomic E-state index is 6.01. The smallest absolute Gasteiger partial charge is 0.0401 e. The average molecular weight is 340 g/mol. The minimum absolute atomic E-state index is 0.186. The van der Waals surface area contributed by atoms with Gasteiger partial charge in [-0.25, -0.2) is 0 Å². The highest BCUT2D eigenvalue weighted by Gasteiger charge is 2.27. The molecule has 1 aliphatic rings. The Morgan fingerprint density at radius 3 is 2.45 bits per heavy atom. The molecule has 0 aromatic heterocycles. The van der Waals surface area contributed by atoms with Crippen LogP contribution in [-0.4, -0.2) is 43.2 Å². The van der Waals surface area contributed by atoms with Crippen LogP contribution in [0.4, 0.5) is 5.69 Å². The summed E-state index contributed by atoms with van der Waals surface area (Å²) in [6.07, 6.45) is 0.921. The number of halogens is 1. The maximum Gasteiger partial charge on any atom is 0.0401 e. The molecule has 0 spiro atoms.